The fourth-order valence-corrected chi connectivity index (χ4v) is 3.31. The van der Waals surface area contributed by atoms with Gasteiger partial charge in [-0.05, 0) is 36.6 Å². The van der Waals surface area contributed by atoms with E-state index >= 15 is 0 Å². The molecule has 2 atom stereocenters. The number of carbonyl (C=O) groups is 1. The third-order valence-electron chi connectivity index (χ3n) is 3.29. The minimum Gasteiger partial charge on any atom is -0.355 e. The molecule has 0 radical (unpaired) electrons. The second-order valence-corrected chi connectivity index (χ2v) is 7.91. The van der Waals surface area contributed by atoms with Crippen LogP contribution in [-0.4, -0.2) is 26.6 Å². The molecule has 6 heteroatoms. The molecule has 104 valence electrons. The molecule has 0 spiro atoms. The van der Waals surface area contributed by atoms with Crippen molar-refractivity contribution in [3.8, 4) is 0 Å². The van der Waals surface area contributed by atoms with Gasteiger partial charge in [-0.15, -0.1) is 0 Å². The summed E-state index contributed by atoms with van der Waals surface area (Å²) in [6.07, 6.45) is 0.908. The van der Waals surface area contributed by atoms with E-state index in [2.05, 4.69) is 21.2 Å². The lowest BCUT2D eigenvalue weighted by molar-refractivity contribution is -0.122. The molecule has 0 saturated heterocycles. The van der Waals surface area contributed by atoms with Gasteiger partial charge in [0.05, 0.1) is 10.6 Å². The van der Waals surface area contributed by atoms with Crippen LogP contribution >= 0.6 is 15.9 Å². The summed E-state index contributed by atoms with van der Waals surface area (Å²) in [6.45, 7) is 2.18. The van der Waals surface area contributed by atoms with Gasteiger partial charge in [0.1, 0.15) is 0 Å². The molecule has 4 nitrogen and oxygen atoms in total. The second-order valence-electron chi connectivity index (χ2n) is 4.88. The number of amides is 1. The van der Waals surface area contributed by atoms with Crippen molar-refractivity contribution in [2.45, 2.75) is 18.2 Å². The minimum atomic E-state index is -3.33. The van der Waals surface area contributed by atoms with E-state index < -0.39 is 9.84 Å². The standard InChI is InChI=1S/C13H16BrNO3S/c1-9-8-12(9)13(16)15-6-7-19(17,18)11-4-2-10(14)3-5-11/h2-5,9,12H,6-8H2,1H3,(H,15,16)/t9-,12-/m1/s1. The number of hydrogen-bond acceptors (Lipinski definition) is 3. The van der Waals surface area contributed by atoms with E-state index in [9.17, 15) is 13.2 Å². The maximum Gasteiger partial charge on any atom is 0.223 e. The summed E-state index contributed by atoms with van der Waals surface area (Å²) in [5, 5.41) is 2.68. The van der Waals surface area contributed by atoms with E-state index in [0.29, 0.717) is 5.92 Å². The molecule has 0 unspecified atom stereocenters. The Hall–Kier alpha value is -0.880. The van der Waals surface area contributed by atoms with E-state index in [-0.39, 0.29) is 29.0 Å². The lowest BCUT2D eigenvalue weighted by atomic mass is 10.3. The van der Waals surface area contributed by atoms with Crippen LogP contribution in [0.1, 0.15) is 13.3 Å². The molecule has 1 amide bonds. The molecule has 1 aliphatic rings. The van der Waals surface area contributed by atoms with E-state index in [1.54, 1.807) is 24.3 Å². The summed E-state index contributed by atoms with van der Waals surface area (Å²) in [7, 11) is -3.33. The fraction of sp³-hybridized carbons (Fsp3) is 0.462. The van der Waals surface area contributed by atoms with Crippen LogP contribution in [0.15, 0.2) is 33.6 Å². The van der Waals surface area contributed by atoms with Gasteiger partial charge in [0, 0.05) is 16.9 Å². The molecule has 0 bridgehead atoms. The van der Waals surface area contributed by atoms with Crippen LogP contribution in [0.4, 0.5) is 0 Å². The molecule has 1 aliphatic carbocycles. The zero-order chi connectivity index (χ0) is 14.0. The largest absolute Gasteiger partial charge is 0.355 e. The predicted molar refractivity (Wildman–Crippen MR) is 76.5 cm³/mol. The minimum absolute atomic E-state index is 0.0292. The summed E-state index contributed by atoms with van der Waals surface area (Å²) in [5.74, 6) is 0.415. The maximum atomic E-state index is 12.0. The van der Waals surface area contributed by atoms with Gasteiger partial charge in [-0.1, -0.05) is 22.9 Å². The van der Waals surface area contributed by atoms with Gasteiger partial charge in [0.2, 0.25) is 5.91 Å². The third kappa shape index (κ3) is 3.79. The van der Waals surface area contributed by atoms with Gasteiger partial charge in [0.15, 0.2) is 9.84 Å². The van der Waals surface area contributed by atoms with Crippen molar-refractivity contribution in [1.82, 2.24) is 5.32 Å². The highest BCUT2D eigenvalue weighted by Crippen LogP contribution is 2.37. The molecule has 1 saturated carbocycles. The molecule has 1 fully saturated rings. The Morgan fingerprint density at radius 3 is 2.47 bits per heavy atom. The highest BCUT2D eigenvalue weighted by atomic mass is 79.9. The number of benzene rings is 1. The summed E-state index contributed by atoms with van der Waals surface area (Å²) < 4.78 is 24.9. The van der Waals surface area contributed by atoms with Gasteiger partial charge >= 0.3 is 0 Å². The first-order valence-corrected chi connectivity index (χ1v) is 8.61. The molecule has 19 heavy (non-hydrogen) atoms. The number of halogens is 1. The SMILES string of the molecule is C[C@@H]1C[C@H]1C(=O)NCCS(=O)(=O)c1ccc(Br)cc1. The maximum absolute atomic E-state index is 12.0. The van der Waals surface area contributed by atoms with Crippen molar-refractivity contribution in [3.63, 3.8) is 0 Å². The molecular weight excluding hydrogens is 330 g/mol. The predicted octanol–water partition coefficient (Wildman–Crippen LogP) is 1.99. The lowest BCUT2D eigenvalue weighted by Crippen LogP contribution is -2.30. The Balaban J connectivity index is 1.87. The van der Waals surface area contributed by atoms with Crippen molar-refractivity contribution < 1.29 is 13.2 Å². The molecule has 0 aromatic heterocycles. The zero-order valence-corrected chi connectivity index (χ0v) is 13.0. The van der Waals surface area contributed by atoms with Crippen molar-refractivity contribution in [1.29, 1.82) is 0 Å². The van der Waals surface area contributed by atoms with E-state index in [4.69, 9.17) is 0 Å². The average Bonchev–Trinajstić information content (AvgIpc) is 3.07. The van der Waals surface area contributed by atoms with E-state index in [1.165, 1.54) is 0 Å². The van der Waals surface area contributed by atoms with Crippen molar-refractivity contribution in [2.75, 3.05) is 12.3 Å². The number of nitrogens with one attached hydrogen (secondary N) is 1. The topological polar surface area (TPSA) is 63.2 Å². The van der Waals surface area contributed by atoms with Crippen molar-refractivity contribution in [3.05, 3.63) is 28.7 Å². The van der Waals surface area contributed by atoms with Crippen molar-refractivity contribution >= 4 is 31.7 Å². The Kier molecular flexibility index (Phi) is 4.30. The quantitative estimate of drug-likeness (QED) is 0.887. The number of rotatable bonds is 5. The van der Waals surface area contributed by atoms with Crippen LogP contribution in [0.3, 0.4) is 0 Å². The van der Waals surface area contributed by atoms with Crippen LogP contribution in [-0.2, 0) is 14.6 Å². The number of hydrogen-bond donors (Lipinski definition) is 1. The van der Waals surface area contributed by atoms with Gasteiger partial charge < -0.3 is 5.32 Å². The van der Waals surface area contributed by atoms with E-state index in [0.717, 1.165) is 10.9 Å². The fourth-order valence-electron chi connectivity index (χ4n) is 1.89. The second kappa shape index (κ2) is 5.63. The lowest BCUT2D eigenvalue weighted by Gasteiger charge is -2.06. The first-order chi connectivity index (χ1) is 8.90. The molecular formula is C13H16BrNO3S. The highest BCUT2D eigenvalue weighted by Gasteiger charge is 2.38. The van der Waals surface area contributed by atoms with Crippen LogP contribution in [0, 0.1) is 11.8 Å². The molecule has 0 heterocycles. The monoisotopic (exact) mass is 345 g/mol. The Morgan fingerprint density at radius 1 is 1.37 bits per heavy atom. The van der Waals surface area contributed by atoms with Crippen LogP contribution in [0.25, 0.3) is 0 Å². The normalized spacial score (nSPS) is 22.0. The van der Waals surface area contributed by atoms with Gasteiger partial charge in [-0.3, -0.25) is 4.79 Å². The molecule has 2 rings (SSSR count). The Labute approximate surface area is 121 Å². The van der Waals surface area contributed by atoms with Crippen LogP contribution in [0.5, 0.6) is 0 Å². The van der Waals surface area contributed by atoms with Crippen molar-refractivity contribution in [2.24, 2.45) is 11.8 Å². The first-order valence-electron chi connectivity index (χ1n) is 6.16. The third-order valence-corrected chi connectivity index (χ3v) is 5.55. The Bertz CT molecular complexity index is 568. The molecule has 0 aliphatic heterocycles. The summed E-state index contributed by atoms with van der Waals surface area (Å²) in [6, 6.07) is 6.50. The van der Waals surface area contributed by atoms with Gasteiger partial charge in [-0.2, -0.15) is 0 Å². The van der Waals surface area contributed by atoms with Crippen LogP contribution in [0.2, 0.25) is 0 Å². The summed E-state index contributed by atoms with van der Waals surface area (Å²) >= 11 is 3.26. The van der Waals surface area contributed by atoms with Gasteiger partial charge in [-0.25, -0.2) is 8.42 Å². The summed E-state index contributed by atoms with van der Waals surface area (Å²) in [4.78, 5) is 11.9. The molecule has 1 aromatic rings. The zero-order valence-electron chi connectivity index (χ0n) is 10.6. The highest BCUT2D eigenvalue weighted by molar-refractivity contribution is 9.10. The number of carbonyl (C=O) groups excluding carboxylic acids is 1. The average molecular weight is 346 g/mol. The summed E-state index contributed by atoms with van der Waals surface area (Å²) in [5.41, 5.74) is 0. The molecule has 1 aromatic carbocycles. The number of sulfone groups is 1. The van der Waals surface area contributed by atoms with Gasteiger partial charge in [0.25, 0.3) is 0 Å². The first kappa shape index (κ1) is 14.5. The van der Waals surface area contributed by atoms with E-state index in [1.807, 2.05) is 6.92 Å². The Morgan fingerprint density at radius 2 is 1.95 bits per heavy atom. The molecule has 1 N–H and O–H groups in total. The van der Waals surface area contributed by atoms with Crippen LogP contribution < -0.4 is 5.32 Å². The smallest absolute Gasteiger partial charge is 0.223 e.